The Morgan fingerprint density at radius 2 is 1.52 bits per heavy atom. The van der Waals surface area contributed by atoms with Crippen LogP contribution < -0.4 is 0 Å². The number of fused-ring (bicyclic) bond motifs is 4. The van der Waals surface area contributed by atoms with Gasteiger partial charge in [-0.15, -0.1) is 54.1 Å². The molecule has 0 N–H and O–H groups in total. The first-order valence-corrected chi connectivity index (χ1v) is 15.0. The van der Waals surface area contributed by atoms with Crippen LogP contribution in [0.4, 0.5) is 0 Å². The van der Waals surface area contributed by atoms with Crippen molar-refractivity contribution < 1.29 is 24.5 Å². The zero-order chi connectivity index (χ0) is 30.9. The van der Waals surface area contributed by atoms with E-state index in [9.17, 15) is 0 Å². The van der Waals surface area contributed by atoms with Gasteiger partial charge in [-0.25, -0.2) is 0 Å². The van der Waals surface area contributed by atoms with Crippen molar-refractivity contribution in [2.24, 2.45) is 0 Å². The van der Waals surface area contributed by atoms with Crippen LogP contribution in [0.5, 0.6) is 0 Å². The van der Waals surface area contributed by atoms with Crippen LogP contribution >= 0.6 is 0 Å². The Morgan fingerprint density at radius 1 is 0.652 bits per heavy atom. The summed E-state index contributed by atoms with van der Waals surface area (Å²) < 4.78 is 6.66. The first-order chi connectivity index (χ1) is 22.0. The van der Waals surface area contributed by atoms with E-state index >= 15 is 0 Å². The van der Waals surface area contributed by atoms with Crippen LogP contribution in [0, 0.1) is 39.8 Å². The molecule has 4 aromatic heterocycles. The number of furan rings is 1. The Bertz CT molecular complexity index is 2290. The van der Waals surface area contributed by atoms with E-state index < -0.39 is 0 Å². The second-order valence-corrected chi connectivity index (χ2v) is 11.3. The molecule has 0 atom stereocenters. The summed E-state index contributed by atoms with van der Waals surface area (Å²) in [4.78, 5) is 13.3. The van der Waals surface area contributed by atoms with E-state index in [1.54, 1.807) is 6.20 Å². The van der Waals surface area contributed by atoms with Gasteiger partial charge in [-0.05, 0) is 84.4 Å². The number of rotatable bonds is 3. The van der Waals surface area contributed by atoms with Gasteiger partial charge in [0.05, 0.1) is 5.58 Å². The minimum atomic E-state index is 0. The van der Waals surface area contributed by atoms with Crippen LogP contribution in [0.25, 0.3) is 66.4 Å². The van der Waals surface area contributed by atoms with Gasteiger partial charge in [0, 0.05) is 61.2 Å². The minimum Gasteiger partial charge on any atom is -0.500 e. The van der Waals surface area contributed by atoms with E-state index in [0.29, 0.717) is 0 Å². The Hall–Kier alpha value is -4.96. The number of aryl methyl sites for hydroxylation is 3. The van der Waals surface area contributed by atoms with E-state index in [1.807, 2.05) is 80.1 Å². The van der Waals surface area contributed by atoms with E-state index in [-0.39, 0.29) is 20.1 Å². The first kappa shape index (κ1) is 31.0. The summed E-state index contributed by atoms with van der Waals surface area (Å²) in [6.07, 6.45) is 7.48. The molecule has 0 saturated heterocycles. The van der Waals surface area contributed by atoms with Gasteiger partial charge in [-0.2, -0.15) is 0 Å². The molecule has 0 saturated carbocycles. The quantitative estimate of drug-likeness (QED) is 0.168. The molecule has 0 aliphatic carbocycles. The van der Waals surface area contributed by atoms with E-state index in [2.05, 4.69) is 84.3 Å². The monoisotopic (exact) mass is 774 g/mol. The van der Waals surface area contributed by atoms with E-state index in [1.165, 1.54) is 33.2 Å². The summed E-state index contributed by atoms with van der Waals surface area (Å²) in [5, 5.41) is 4.55. The van der Waals surface area contributed by atoms with Crippen molar-refractivity contribution in [3.63, 3.8) is 0 Å². The van der Waals surface area contributed by atoms with E-state index in [0.717, 1.165) is 55.4 Å². The van der Waals surface area contributed by atoms with Gasteiger partial charge in [0.2, 0.25) is 0 Å². The summed E-state index contributed by atoms with van der Waals surface area (Å²) in [7, 11) is 0. The third-order valence-electron chi connectivity index (χ3n) is 8.34. The summed E-state index contributed by atoms with van der Waals surface area (Å²) in [6.45, 7) is 8.52. The Balaban J connectivity index is 0.000000223. The molecule has 4 nitrogen and oxygen atoms in total. The van der Waals surface area contributed by atoms with Gasteiger partial charge in [0.15, 0.2) is 0 Å². The fourth-order valence-electron chi connectivity index (χ4n) is 5.92. The smallest absolute Gasteiger partial charge is 0.129 e. The largest absolute Gasteiger partial charge is 0.500 e. The fraction of sp³-hybridized carbons (Fsp3) is 0.0976. The second kappa shape index (κ2) is 13.2. The molecule has 227 valence electrons. The molecule has 5 heteroatoms. The average molecular weight is 774 g/mol. The van der Waals surface area contributed by atoms with E-state index in [4.69, 9.17) is 4.42 Å². The molecule has 0 bridgehead atoms. The number of nitrogens with zero attached hydrogens (tertiary/aromatic N) is 3. The van der Waals surface area contributed by atoms with Crippen LogP contribution in [-0.4, -0.2) is 15.0 Å². The summed E-state index contributed by atoms with van der Waals surface area (Å²) >= 11 is 0. The van der Waals surface area contributed by atoms with Crippen molar-refractivity contribution in [3.8, 4) is 33.6 Å². The Labute approximate surface area is 282 Å². The van der Waals surface area contributed by atoms with Crippen LogP contribution in [0.1, 0.15) is 22.3 Å². The Morgan fingerprint density at radius 3 is 2.28 bits per heavy atom. The maximum Gasteiger partial charge on any atom is 0.129 e. The van der Waals surface area contributed by atoms with Crippen LogP contribution in [0.2, 0.25) is 0 Å². The van der Waals surface area contributed by atoms with Crippen LogP contribution in [0.3, 0.4) is 0 Å². The molecule has 0 aliphatic rings. The molecule has 0 spiro atoms. The number of hydrogen-bond donors (Lipinski definition) is 0. The molecule has 8 rings (SSSR count). The third-order valence-corrected chi connectivity index (χ3v) is 8.34. The summed E-state index contributed by atoms with van der Waals surface area (Å²) in [5.74, 6) is 0. The Kier molecular flexibility index (Phi) is 8.89. The SMILES string of the molecule is Cc1cc2ccncc2c(-c2ccc(C)c3c2oc2c(-c4ccccn4)[c-]ccc23)c1C.Cc1ccc(-c2[c-]cccc2)nc1.[Ir]. The molecule has 0 fully saturated rings. The summed E-state index contributed by atoms with van der Waals surface area (Å²) in [6, 6.07) is 37.1. The van der Waals surface area contributed by atoms with Gasteiger partial charge in [0.25, 0.3) is 0 Å². The van der Waals surface area contributed by atoms with Crippen LogP contribution in [-0.2, 0) is 20.1 Å². The number of benzene rings is 4. The molecular formula is C41H31IrN3O-2. The number of pyridine rings is 3. The van der Waals surface area contributed by atoms with Gasteiger partial charge >= 0.3 is 0 Å². The molecular weight excluding hydrogens is 743 g/mol. The van der Waals surface area contributed by atoms with Crippen molar-refractivity contribution in [1.29, 1.82) is 0 Å². The molecule has 0 unspecified atom stereocenters. The van der Waals surface area contributed by atoms with Gasteiger partial charge < -0.3 is 14.4 Å². The maximum absolute atomic E-state index is 6.66. The maximum atomic E-state index is 6.66. The number of hydrogen-bond acceptors (Lipinski definition) is 4. The third kappa shape index (κ3) is 5.76. The predicted molar refractivity (Wildman–Crippen MR) is 184 cm³/mol. The zero-order valence-corrected chi connectivity index (χ0v) is 28.4. The number of aromatic nitrogens is 3. The molecule has 0 aliphatic heterocycles. The zero-order valence-electron chi connectivity index (χ0n) is 26.1. The first-order valence-electron chi connectivity index (χ1n) is 15.0. The van der Waals surface area contributed by atoms with Crippen LogP contribution in [0.15, 0.2) is 120 Å². The molecule has 8 aromatic rings. The fourth-order valence-corrected chi connectivity index (χ4v) is 5.92. The van der Waals surface area contributed by atoms with Gasteiger partial charge in [-0.3, -0.25) is 4.98 Å². The van der Waals surface area contributed by atoms with Crippen molar-refractivity contribution in [2.75, 3.05) is 0 Å². The average Bonchev–Trinajstić information content (AvgIpc) is 3.48. The standard InChI is InChI=1S/C29H21N2O.C12H10N.Ir/c1-17-10-11-23(27-19(3)18(2)15-20-12-14-30-16-24(20)27)29-26(17)22-8-6-7-21(28(22)32-29)25-9-4-5-13-31-25;1-10-7-8-12(13-9-10)11-5-3-2-4-6-11;/h4-6,8-16H,1-3H3;2-5,7-9H,1H3;/q2*-1;. The van der Waals surface area contributed by atoms with Crippen molar-refractivity contribution in [2.45, 2.75) is 27.7 Å². The normalized spacial score (nSPS) is 10.9. The van der Waals surface area contributed by atoms with Gasteiger partial charge in [-0.1, -0.05) is 53.4 Å². The topological polar surface area (TPSA) is 51.8 Å². The molecule has 46 heavy (non-hydrogen) atoms. The minimum absolute atomic E-state index is 0. The van der Waals surface area contributed by atoms with Crippen molar-refractivity contribution >= 4 is 32.7 Å². The molecule has 0 amide bonds. The van der Waals surface area contributed by atoms with Gasteiger partial charge in [0.1, 0.15) is 5.58 Å². The molecule has 1 radical (unpaired) electrons. The van der Waals surface area contributed by atoms with Crippen molar-refractivity contribution in [1.82, 2.24) is 15.0 Å². The second-order valence-electron chi connectivity index (χ2n) is 11.3. The van der Waals surface area contributed by atoms with Crippen molar-refractivity contribution in [3.05, 3.63) is 150 Å². The summed E-state index contributed by atoms with van der Waals surface area (Å²) in [5.41, 5.74) is 12.6. The molecule has 4 heterocycles. The molecule has 4 aromatic carbocycles. The predicted octanol–water partition coefficient (Wildman–Crippen LogP) is 10.4.